The van der Waals surface area contributed by atoms with Crippen LogP contribution in [0, 0.1) is 0 Å². The third-order valence-electron chi connectivity index (χ3n) is 11.9. The Morgan fingerprint density at radius 3 is 1.96 bits per heavy atom. The molecule has 1 saturated heterocycles. The minimum atomic E-state index is -1.66. The van der Waals surface area contributed by atoms with E-state index >= 15 is 0 Å². The van der Waals surface area contributed by atoms with Crippen LogP contribution in [0.15, 0.2) is 91.1 Å². The van der Waals surface area contributed by atoms with E-state index in [2.05, 4.69) is 42.2 Å². The number of carbonyl (C=O) groups is 7. The topological polar surface area (TPSA) is 332 Å². The maximum atomic E-state index is 14.7. The summed E-state index contributed by atoms with van der Waals surface area (Å²) in [6.07, 6.45) is -0.156. The number of nitrogens with one attached hydrogen (secondary N) is 8. The SMILES string of the molecule is C[C@@H](O)[C@@H]1NC(=O)[C@@H](CCCCN)NC(=O)[C@H](Cc2c[nH]c3ccccc23)NC(=O)[C@@H](Cc2ccccc2)NC(=O)[C@H](NC(=O)[C@H](N)Cc2ccccc2)CSSC[C@H](C(=O)N[C@H](CO)[C@@H](C)O)NC1=O. The van der Waals surface area contributed by atoms with Crippen molar-refractivity contribution in [2.24, 2.45) is 11.5 Å². The van der Waals surface area contributed by atoms with Gasteiger partial charge in [-0.3, -0.25) is 33.6 Å². The number of H-pyrrole nitrogens is 1. The molecule has 4 aromatic rings. The van der Waals surface area contributed by atoms with Gasteiger partial charge >= 0.3 is 0 Å². The summed E-state index contributed by atoms with van der Waals surface area (Å²) in [5.41, 5.74) is 15.0. The summed E-state index contributed by atoms with van der Waals surface area (Å²) in [7, 11) is 2.06. The van der Waals surface area contributed by atoms with Gasteiger partial charge in [0.15, 0.2) is 0 Å². The van der Waals surface area contributed by atoms with Gasteiger partial charge in [-0.2, -0.15) is 0 Å². The molecule has 0 spiro atoms. The highest BCUT2D eigenvalue weighted by atomic mass is 33.1. The van der Waals surface area contributed by atoms with Gasteiger partial charge < -0.3 is 69.0 Å². The molecule has 71 heavy (non-hydrogen) atoms. The minimum Gasteiger partial charge on any atom is -0.394 e. The third-order valence-corrected chi connectivity index (χ3v) is 14.3. The minimum absolute atomic E-state index is 0.0340. The molecule has 2 heterocycles. The summed E-state index contributed by atoms with van der Waals surface area (Å²) in [5.74, 6) is -6.01. The lowest BCUT2D eigenvalue weighted by Gasteiger charge is -2.29. The summed E-state index contributed by atoms with van der Waals surface area (Å²) in [5, 5.41) is 50.5. The quantitative estimate of drug-likeness (QED) is 0.0455. The lowest BCUT2D eigenvalue weighted by Crippen LogP contribution is -2.62. The fraction of sp³-hybridized carbons (Fsp3) is 0.449. The predicted molar refractivity (Wildman–Crippen MR) is 272 cm³/mol. The van der Waals surface area contributed by atoms with E-state index < -0.39 is 108 Å². The van der Waals surface area contributed by atoms with Crippen LogP contribution < -0.4 is 48.7 Å². The average Bonchev–Trinajstić information content (AvgIpc) is 3.76. The molecule has 10 atom stereocenters. The Balaban J connectivity index is 1.56. The van der Waals surface area contributed by atoms with Gasteiger partial charge in [-0.15, -0.1) is 0 Å². The van der Waals surface area contributed by atoms with E-state index in [1.165, 1.54) is 13.8 Å². The number of hydrogen-bond acceptors (Lipinski definition) is 14. The number of nitrogens with two attached hydrogens (primary N) is 2. The molecule has 22 heteroatoms. The molecule has 0 saturated carbocycles. The zero-order chi connectivity index (χ0) is 51.5. The maximum Gasteiger partial charge on any atom is 0.245 e. The first kappa shape index (κ1) is 55.9. The van der Waals surface area contributed by atoms with Gasteiger partial charge in [0.25, 0.3) is 0 Å². The number of rotatable bonds is 17. The molecule has 1 aliphatic heterocycles. The number of aromatic amines is 1. The Hall–Kier alpha value is -6.01. The fourth-order valence-corrected chi connectivity index (χ4v) is 10.1. The number of benzene rings is 3. The maximum absolute atomic E-state index is 14.7. The van der Waals surface area contributed by atoms with Gasteiger partial charge in [-0.25, -0.2) is 0 Å². The molecule has 0 radical (unpaired) electrons. The number of amides is 7. The molecule has 3 aromatic carbocycles. The van der Waals surface area contributed by atoms with E-state index in [-0.39, 0.29) is 43.7 Å². The summed E-state index contributed by atoms with van der Waals surface area (Å²) < 4.78 is 0. The third kappa shape index (κ3) is 17.1. The molecule has 0 bridgehead atoms. The van der Waals surface area contributed by atoms with Crippen LogP contribution >= 0.6 is 21.6 Å². The van der Waals surface area contributed by atoms with E-state index in [9.17, 15) is 48.9 Å². The van der Waals surface area contributed by atoms with Gasteiger partial charge in [-0.1, -0.05) is 100 Å². The number of para-hydroxylation sites is 1. The van der Waals surface area contributed by atoms with Crippen LogP contribution in [0.3, 0.4) is 0 Å². The van der Waals surface area contributed by atoms with Crippen molar-refractivity contribution in [2.75, 3.05) is 24.7 Å². The van der Waals surface area contributed by atoms with Crippen molar-refractivity contribution in [1.82, 2.24) is 42.2 Å². The number of fused-ring (bicyclic) bond motifs is 1. The van der Waals surface area contributed by atoms with Crippen molar-refractivity contribution in [3.05, 3.63) is 108 Å². The van der Waals surface area contributed by atoms with Crippen molar-refractivity contribution >= 4 is 73.8 Å². The van der Waals surface area contributed by atoms with Crippen LogP contribution in [0.25, 0.3) is 10.9 Å². The number of hydrogen-bond donors (Lipinski definition) is 13. The van der Waals surface area contributed by atoms with Crippen molar-refractivity contribution in [3.8, 4) is 0 Å². The summed E-state index contributed by atoms with van der Waals surface area (Å²) in [6.45, 7) is 2.23. The van der Waals surface area contributed by atoms with Crippen molar-refractivity contribution in [2.45, 2.75) is 113 Å². The number of aliphatic hydroxyl groups excluding tert-OH is 3. The van der Waals surface area contributed by atoms with E-state index in [1.54, 1.807) is 60.8 Å². The van der Waals surface area contributed by atoms with Gasteiger partial charge in [-0.05, 0) is 68.8 Å². The Labute approximate surface area is 420 Å². The Kier molecular flexibility index (Phi) is 22.2. The normalized spacial score (nSPS) is 22.8. The molecular weight excluding hydrogens is 953 g/mol. The van der Waals surface area contributed by atoms with Crippen LogP contribution in [0.2, 0.25) is 0 Å². The first-order valence-corrected chi connectivity index (χ1v) is 26.0. The zero-order valence-electron chi connectivity index (χ0n) is 39.7. The first-order chi connectivity index (χ1) is 34.1. The molecular formula is C49H66N10O10S2. The molecule has 5 rings (SSSR count). The predicted octanol–water partition coefficient (Wildman–Crippen LogP) is -0.805. The Morgan fingerprint density at radius 2 is 1.31 bits per heavy atom. The van der Waals surface area contributed by atoms with Crippen LogP contribution in [0.4, 0.5) is 0 Å². The smallest absolute Gasteiger partial charge is 0.245 e. The summed E-state index contributed by atoms with van der Waals surface area (Å²) >= 11 is 0. The summed E-state index contributed by atoms with van der Waals surface area (Å²) in [4.78, 5) is 103. The van der Waals surface area contributed by atoms with Crippen LogP contribution in [0.1, 0.15) is 49.8 Å². The number of carbonyl (C=O) groups excluding carboxylic acids is 7. The van der Waals surface area contributed by atoms with Crippen molar-refractivity contribution in [1.29, 1.82) is 0 Å². The van der Waals surface area contributed by atoms with Gasteiger partial charge in [0, 0.05) is 41.4 Å². The highest BCUT2D eigenvalue weighted by molar-refractivity contribution is 8.76. The van der Waals surface area contributed by atoms with E-state index in [0.717, 1.165) is 38.1 Å². The fourth-order valence-electron chi connectivity index (χ4n) is 7.73. The van der Waals surface area contributed by atoms with Crippen LogP contribution in [-0.4, -0.2) is 147 Å². The Morgan fingerprint density at radius 1 is 0.718 bits per heavy atom. The largest absolute Gasteiger partial charge is 0.394 e. The lowest BCUT2D eigenvalue weighted by molar-refractivity contribution is -0.136. The molecule has 7 amide bonds. The highest BCUT2D eigenvalue weighted by Gasteiger charge is 2.36. The number of aromatic nitrogens is 1. The van der Waals surface area contributed by atoms with Crippen LogP contribution in [-0.2, 0) is 52.8 Å². The molecule has 0 unspecified atom stereocenters. The van der Waals surface area contributed by atoms with E-state index in [1.807, 2.05) is 30.3 Å². The highest BCUT2D eigenvalue weighted by Crippen LogP contribution is 2.24. The molecule has 0 aliphatic carbocycles. The van der Waals surface area contributed by atoms with Crippen molar-refractivity contribution in [3.63, 3.8) is 0 Å². The second-order valence-electron chi connectivity index (χ2n) is 17.5. The van der Waals surface area contributed by atoms with Crippen molar-refractivity contribution < 1.29 is 48.9 Å². The molecule has 15 N–H and O–H groups in total. The van der Waals surface area contributed by atoms with Gasteiger partial charge in [0.1, 0.15) is 36.3 Å². The number of unbranched alkanes of at least 4 members (excludes halogenated alkanes) is 1. The van der Waals surface area contributed by atoms with E-state index in [4.69, 9.17) is 11.5 Å². The molecule has 384 valence electrons. The average molecular weight is 1020 g/mol. The van der Waals surface area contributed by atoms with Gasteiger partial charge in [0.05, 0.1) is 30.9 Å². The van der Waals surface area contributed by atoms with Gasteiger partial charge in [0.2, 0.25) is 41.4 Å². The Bertz CT molecular complexity index is 2400. The first-order valence-electron chi connectivity index (χ1n) is 23.5. The second-order valence-corrected chi connectivity index (χ2v) is 20.0. The molecule has 20 nitrogen and oxygen atoms in total. The standard InChI is InChI=1S/C49H66N10O10S2/c1-28(61)39(25-60)56-48(68)41-27-71-70-26-40(57-43(63)34(51)21-30-13-5-3-6-14-30)47(67)54-37(22-31-15-7-4-8-16-31)45(65)55-38(23-32-24-52-35-18-10-9-17-33(32)35)46(66)53-36(19-11-12-20-50)44(64)59-42(29(2)62)49(69)58-41/h3-10,13-18,24,28-29,34,36-42,52,60-62H,11-12,19-23,25-27,50-51H2,1-2H3,(H,53,66)(H,54,67)(H,55,65)(H,56,68)(H,57,63)(H,58,69)(H,59,64)/t28-,29-,34-,36-,37-,38+,39-,40-,41-,42+/m1/s1. The number of aliphatic hydroxyl groups is 3. The second kappa shape index (κ2) is 28.1. The molecule has 1 fully saturated rings. The van der Waals surface area contributed by atoms with Crippen LogP contribution in [0.5, 0.6) is 0 Å². The molecule has 1 aromatic heterocycles. The summed E-state index contributed by atoms with van der Waals surface area (Å²) in [6, 6.07) is 14.6. The lowest BCUT2D eigenvalue weighted by atomic mass is 10.0. The zero-order valence-corrected chi connectivity index (χ0v) is 41.3. The molecule has 1 aliphatic rings. The van der Waals surface area contributed by atoms with E-state index in [0.29, 0.717) is 24.0 Å². The monoisotopic (exact) mass is 1020 g/mol.